The fraction of sp³-hybridized carbons (Fsp3) is 0.0882. The largest absolute Gasteiger partial charge is 0.465 e. The number of thioether (sulfide) groups is 1. The summed E-state index contributed by atoms with van der Waals surface area (Å²) in [6, 6.07) is 26.5. The number of nitrogens with zero attached hydrogens (tertiary/aromatic N) is 2. The van der Waals surface area contributed by atoms with Crippen LogP contribution in [0, 0.1) is 10.1 Å². The Bertz CT molecular complexity index is 1890. The maximum Gasteiger partial charge on any atom is 0.337 e. The van der Waals surface area contributed by atoms with E-state index in [0.29, 0.717) is 16.3 Å². The number of nitrogens with one attached hydrogen (secondary N) is 2. The molecule has 0 bridgehead atoms. The molecule has 4 amide bonds. The lowest BCUT2D eigenvalue weighted by Gasteiger charge is -2.15. The summed E-state index contributed by atoms with van der Waals surface area (Å²) in [5, 5.41) is 16.1. The van der Waals surface area contributed by atoms with Crippen LogP contribution >= 0.6 is 11.8 Å². The lowest BCUT2D eigenvalue weighted by molar-refractivity contribution is -0.385. The van der Waals surface area contributed by atoms with E-state index < -0.39 is 33.9 Å². The molecule has 4 aromatic rings. The minimum absolute atomic E-state index is 0.0262. The normalized spacial score (nSPS) is 14.4. The van der Waals surface area contributed by atoms with E-state index in [-0.39, 0.29) is 40.4 Å². The summed E-state index contributed by atoms with van der Waals surface area (Å²) in [7, 11) is 1.26. The van der Waals surface area contributed by atoms with Crippen LogP contribution in [-0.2, 0) is 19.1 Å². The number of nitro groups is 1. The van der Waals surface area contributed by atoms with Crippen molar-refractivity contribution in [1.82, 2.24) is 5.32 Å². The van der Waals surface area contributed by atoms with Crippen LogP contribution in [0.4, 0.5) is 17.1 Å². The molecule has 1 fully saturated rings. The number of carbonyl (C=O) groups excluding carboxylic acids is 5. The number of benzene rings is 4. The summed E-state index contributed by atoms with van der Waals surface area (Å²) in [4.78, 5) is 76.6. The van der Waals surface area contributed by atoms with Gasteiger partial charge in [-0.2, -0.15) is 0 Å². The van der Waals surface area contributed by atoms with E-state index in [4.69, 9.17) is 0 Å². The summed E-state index contributed by atoms with van der Waals surface area (Å²) in [5.41, 5.74) is 0.918. The molecule has 1 unspecified atom stereocenters. The number of methoxy groups -OCH3 is 1. The fourth-order valence-corrected chi connectivity index (χ4v) is 5.74. The van der Waals surface area contributed by atoms with Crippen LogP contribution in [0.3, 0.4) is 0 Å². The highest BCUT2D eigenvalue weighted by molar-refractivity contribution is 8.00. The van der Waals surface area contributed by atoms with Crippen LogP contribution in [0.15, 0.2) is 114 Å². The zero-order chi connectivity index (χ0) is 33.5. The van der Waals surface area contributed by atoms with Crippen LogP contribution in [0.5, 0.6) is 0 Å². The van der Waals surface area contributed by atoms with Gasteiger partial charge in [0.05, 0.1) is 34.1 Å². The van der Waals surface area contributed by atoms with Crippen molar-refractivity contribution < 1.29 is 33.6 Å². The van der Waals surface area contributed by atoms with E-state index in [9.17, 15) is 34.1 Å². The van der Waals surface area contributed by atoms with Gasteiger partial charge in [0.15, 0.2) is 0 Å². The van der Waals surface area contributed by atoms with Gasteiger partial charge in [0.1, 0.15) is 5.70 Å². The third kappa shape index (κ3) is 7.60. The van der Waals surface area contributed by atoms with E-state index in [1.165, 1.54) is 67.4 Å². The van der Waals surface area contributed by atoms with Gasteiger partial charge in [0.2, 0.25) is 11.8 Å². The Hall–Kier alpha value is -6.08. The predicted molar refractivity (Wildman–Crippen MR) is 175 cm³/mol. The molecule has 13 heteroatoms. The average molecular weight is 651 g/mol. The van der Waals surface area contributed by atoms with Crippen LogP contribution in [-0.4, -0.2) is 46.9 Å². The molecule has 0 aliphatic carbocycles. The van der Waals surface area contributed by atoms with E-state index in [1.54, 1.807) is 60.7 Å². The van der Waals surface area contributed by atoms with Crippen molar-refractivity contribution in [3.8, 4) is 0 Å². The van der Waals surface area contributed by atoms with Gasteiger partial charge in [-0.25, -0.2) is 9.69 Å². The van der Waals surface area contributed by atoms with Crippen molar-refractivity contribution >= 4 is 64.5 Å². The number of carbonyl (C=O) groups is 5. The molecular weight excluding hydrogens is 624 g/mol. The van der Waals surface area contributed by atoms with Crippen LogP contribution in [0.2, 0.25) is 0 Å². The van der Waals surface area contributed by atoms with Gasteiger partial charge in [0.25, 0.3) is 17.5 Å². The summed E-state index contributed by atoms with van der Waals surface area (Å²) < 4.78 is 4.68. The van der Waals surface area contributed by atoms with E-state index in [0.717, 1.165) is 4.90 Å². The molecule has 0 radical (unpaired) electrons. The van der Waals surface area contributed by atoms with Gasteiger partial charge >= 0.3 is 5.97 Å². The Kier molecular flexibility index (Phi) is 9.87. The Morgan fingerprint density at radius 2 is 1.55 bits per heavy atom. The number of anilines is 2. The van der Waals surface area contributed by atoms with Crippen LogP contribution in [0.1, 0.15) is 32.7 Å². The Morgan fingerprint density at radius 1 is 0.894 bits per heavy atom. The molecule has 0 spiro atoms. The molecule has 5 rings (SSSR count). The average Bonchev–Trinajstić information content (AvgIpc) is 3.36. The van der Waals surface area contributed by atoms with Crippen molar-refractivity contribution in [1.29, 1.82) is 0 Å². The van der Waals surface area contributed by atoms with Gasteiger partial charge in [-0.3, -0.25) is 29.3 Å². The maximum absolute atomic E-state index is 13.4. The van der Waals surface area contributed by atoms with Crippen molar-refractivity contribution in [3.05, 3.63) is 136 Å². The molecular formula is C34H26N4O8S. The number of ether oxygens (including phenoxy) is 1. The lowest BCUT2D eigenvalue weighted by Crippen LogP contribution is -2.31. The minimum Gasteiger partial charge on any atom is -0.465 e. The Balaban J connectivity index is 1.29. The van der Waals surface area contributed by atoms with Crippen molar-refractivity contribution in [2.45, 2.75) is 16.6 Å². The highest BCUT2D eigenvalue weighted by atomic mass is 32.2. The quantitative estimate of drug-likeness (QED) is 0.0770. The third-order valence-corrected chi connectivity index (χ3v) is 8.20. The highest BCUT2D eigenvalue weighted by Crippen LogP contribution is 2.34. The first-order chi connectivity index (χ1) is 22.6. The number of hydrogen-bond donors (Lipinski definition) is 2. The van der Waals surface area contributed by atoms with Crippen LogP contribution < -0.4 is 15.5 Å². The number of hydrogen-bond acceptors (Lipinski definition) is 9. The summed E-state index contributed by atoms with van der Waals surface area (Å²) in [5.74, 6) is -2.62. The van der Waals surface area contributed by atoms with Crippen molar-refractivity contribution in [2.24, 2.45) is 0 Å². The van der Waals surface area contributed by atoms with Crippen molar-refractivity contribution in [2.75, 3.05) is 17.3 Å². The summed E-state index contributed by atoms with van der Waals surface area (Å²) in [6.45, 7) is 0. The minimum atomic E-state index is -0.724. The Labute approximate surface area is 272 Å². The van der Waals surface area contributed by atoms with Gasteiger partial charge in [-0.05, 0) is 72.8 Å². The van der Waals surface area contributed by atoms with Crippen molar-refractivity contribution in [3.63, 3.8) is 0 Å². The highest BCUT2D eigenvalue weighted by Gasteiger charge is 2.40. The van der Waals surface area contributed by atoms with Gasteiger partial charge in [0, 0.05) is 28.6 Å². The van der Waals surface area contributed by atoms with E-state index in [2.05, 4.69) is 15.4 Å². The first-order valence-corrected chi connectivity index (χ1v) is 15.0. The molecule has 0 aromatic heterocycles. The third-order valence-electron chi connectivity index (χ3n) is 7.00. The molecule has 1 aliphatic rings. The smallest absolute Gasteiger partial charge is 0.337 e. The molecule has 47 heavy (non-hydrogen) atoms. The summed E-state index contributed by atoms with van der Waals surface area (Å²) in [6.07, 6.45) is 1.21. The predicted octanol–water partition coefficient (Wildman–Crippen LogP) is 5.22. The fourth-order valence-electron chi connectivity index (χ4n) is 4.69. The van der Waals surface area contributed by atoms with Gasteiger partial charge < -0.3 is 15.4 Å². The standard InChI is InChI=1S/C34H26N4O8S/c1-46-34(43)22-11-15-25(16-12-22)37-30(39)20-29(33(37)42)47-26-17-13-24(14-18-26)35-32(41)27(36-31(40)21-7-3-2-4-8-21)19-23-9-5-6-10-28(23)38(44)45/h2-19,29H,20H2,1H3,(H,35,41)(H,36,40)/b27-19+. The summed E-state index contributed by atoms with van der Waals surface area (Å²) >= 11 is 1.19. The molecule has 236 valence electrons. The molecule has 4 aromatic carbocycles. The van der Waals surface area contributed by atoms with Gasteiger partial charge in [-0.1, -0.05) is 30.3 Å². The molecule has 1 heterocycles. The number of imide groups is 1. The van der Waals surface area contributed by atoms with Gasteiger partial charge in [-0.15, -0.1) is 11.8 Å². The second-order valence-corrected chi connectivity index (χ2v) is 11.4. The molecule has 1 atom stereocenters. The lowest BCUT2D eigenvalue weighted by atomic mass is 10.1. The molecule has 2 N–H and O–H groups in total. The Morgan fingerprint density at radius 3 is 2.21 bits per heavy atom. The molecule has 1 saturated heterocycles. The number of amides is 4. The second kappa shape index (κ2) is 14.3. The van der Waals surface area contributed by atoms with E-state index >= 15 is 0 Å². The second-order valence-electron chi connectivity index (χ2n) is 10.1. The number of esters is 1. The number of rotatable bonds is 10. The monoisotopic (exact) mass is 650 g/mol. The molecule has 1 aliphatic heterocycles. The first-order valence-electron chi connectivity index (χ1n) is 14.1. The first kappa shape index (κ1) is 32.3. The number of para-hydroxylation sites is 1. The molecule has 0 saturated carbocycles. The van der Waals surface area contributed by atoms with Crippen LogP contribution in [0.25, 0.3) is 6.08 Å². The number of nitro benzene ring substituents is 1. The molecule has 12 nitrogen and oxygen atoms in total. The topological polar surface area (TPSA) is 165 Å². The maximum atomic E-state index is 13.4. The zero-order valence-electron chi connectivity index (χ0n) is 24.7. The van der Waals surface area contributed by atoms with E-state index in [1.807, 2.05) is 0 Å². The zero-order valence-corrected chi connectivity index (χ0v) is 25.6. The SMILES string of the molecule is COC(=O)c1ccc(N2C(=O)CC(Sc3ccc(NC(=O)/C(=C\c4ccccc4[N+](=O)[O-])NC(=O)c4ccccc4)cc3)C2=O)cc1.